The van der Waals surface area contributed by atoms with Crippen molar-refractivity contribution in [3.05, 3.63) is 36.5 Å². The van der Waals surface area contributed by atoms with E-state index in [1.807, 2.05) is 30.3 Å². The van der Waals surface area contributed by atoms with Gasteiger partial charge in [-0.1, -0.05) is 18.2 Å². The number of para-hydroxylation sites is 1. The van der Waals surface area contributed by atoms with Crippen molar-refractivity contribution < 1.29 is 4.79 Å². The number of amides is 1. The lowest BCUT2D eigenvalue weighted by Gasteiger charge is -2.07. The van der Waals surface area contributed by atoms with E-state index in [0.29, 0.717) is 18.7 Å². The molecule has 4 heteroatoms. The van der Waals surface area contributed by atoms with Crippen LogP contribution in [0.5, 0.6) is 0 Å². The summed E-state index contributed by atoms with van der Waals surface area (Å²) in [7, 11) is 0. The Morgan fingerprint density at radius 1 is 1.29 bits per heavy atom. The number of alkyl halides is 1. The molecule has 0 saturated carbocycles. The number of halogens is 1. The SMILES string of the molecule is O=C(CCCCl)Nc1cccc2cccnc12. The quantitative estimate of drug-likeness (QED) is 0.845. The number of nitrogens with zero attached hydrogens (tertiary/aromatic N) is 1. The van der Waals surface area contributed by atoms with Gasteiger partial charge in [-0.2, -0.15) is 0 Å². The van der Waals surface area contributed by atoms with Gasteiger partial charge in [0.05, 0.1) is 11.2 Å². The number of fused-ring (bicyclic) bond motifs is 1. The minimum atomic E-state index is -0.0243. The highest BCUT2D eigenvalue weighted by atomic mass is 35.5. The highest BCUT2D eigenvalue weighted by molar-refractivity contribution is 6.18. The topological polar surface area (TPSA) is 42.0 Å². The van der Waals surface area contributed by atoms with Crippen LogP contribution in [0, 0.1) is 0 Å². The van der Waals surface area contributed by atoms with Crippen LogP contribution in [0.3, 0.4) is 0 Å². The summed E-state index contributed by atoms with van der Waals surface area (Å²) in [6, 6.07) is 9.57. The molecule has 2 rings (SSSR count). The average Bonchev–Trinajstić information content (AvgIpc) is 2.37. The minimum Gasteiger partial charge on any atom is -0.324 e. The number of nitrogens with one attached hydrogen (secondary N) is 1. The van der Waals surface area contributed by atoms with E-state index in [2.05, 4.69) is 10.3 Å². The number of carbonyl (C=O) groups excluding carboxylic acids is 1. The van der Waals surface area contributed by atoms with Crippen LogP contribution in [-0.4, -0.2) is 16.8 Å². The molecule has 0 radical (unpaired) electrons. The Kier molecular flexibility index (Phi) is 3.94. The lowest BCUT2D eigenvalue weighted by atomic mass is 10.2. The molecule has 17 heavy (non-hydrogen) atoms. The second kappa shape index (κ2) is 5.64. The van der Waals surface area contributed by atoms with Crippen molar-refractivity contribution in [3.8, 4) is 0 Å². The first-order chi connectivity index (χ1) is 8.31. The van der Waals surface area contributed by atoms with Gasteiger partial charge in [0.15, 0.2) is 0 Å². The second-order valence-corrected chi connectivity index (χ2v) is 4.10. The van der Waals surface area contributed by atoms with Crippen molar-refractivity contribution in [2.45, 2.75) is 12.8 Å². The Labute approximate surface area is 105 Å². The molecule has 3 nitrogen and oxygen atoms in total. The summed E-state index contributed by atoms with van der Waals surface area (Å²) in [4.78, 5) is 15.9. The summed E-state index contributed by atoms with van der Waals surface area (Å²) in [5.74, 6) is 0.477. The fourth-order valence-corrected chi connectivity index (χ4v) is 1.78. The Bertz CT molecular complexity index is 522. The largest absolute Gasteiger partial charge is 0.324 e. The molecule has 0 atom stereocenters. The first-order valence-electron chi connectivity index (χ1n) is 5.51. The zero-order chi connectivity index (χ0) is 12.1. The molecule has 0 bridgehead atoms. The van der Waals surface area contributed by atoms with Crippen LogP contribution >= 0.6 is 11.6 Å². The molecule has 1 heterocycles. The van der Waals surface area contributed by atoms with Gasteiger partial charge in [0.2, 0.25) is 5.91 Å². The fourth-order valence-electron chi connectivity index (χ4n) is 1.65. The molecular weight excluding hydrogens is 236 g/mol. The molecule has 88 valence electrons. The summed E-state index contributed by atoms with van der Waals surface area (Å²) in [6.45, 7) is 0. The Balaban J connectivity index is 2.21. The van der Waals surface area contributed by atoms with Gasteiger partial charge in [-0.25, -0.2) is 0 Å². The van der Waals surface area contributed by atoms with E-state index in [9.17, 15) is 4.79 Å². The van der Waals surface area contributed by atoms with Crippen LogP contribution in [0.2, 0.25) is 0 Å². The molecule has 0 aliphatic heterocycles. The van der Waals surface area contributed by atoms with Crippen LogP contribution < -0.4 is 5.32 Å². The molecule has 0 spiro atoms. The molecule has 1 aromatic heterocycles. The standard InChI is InChI=1S/C13H13ClN2O/c14-8-2-7-12(17)16-11-6-1-4-10-5-3-9-15-13(10)11/h1,3-6,9H,2,7-8H2,(H,16,17). The number of rotatable bonds is 4. The highest BCUT2D eigenvalue weighted by Crippen LogP contribution is 2.20. The molecule has 1 aromatic carbocycles. The second-order valence-electron chi connectivity index (χ2n) is 3.72. The maximum absolute atomic E-state index is 11.6. The molecule has 2 aromatic rings. The number of hydrogen-bond donors (Lipinski definition) is 1. The number of carbonyl (C=O) groups is 1. The van der Waals surface area contributed by atoms with Crippen LogP contribution in [0.4, 0.5) is 5.69 Å². The first-order valence-corrected chi connectivity index (χ1v) is 6.04. The minimum absolute atomic E-state index is 0.0243. The van der Waals surface area contributed by atoms with Crippen molar-refractivity contribution in [2.75, 3.05) is 11.2 Å². The summed E-state index contributed by atoms with van der Waals surface area (Å²) >= 11 is 5.55. The number of anilines is 1. The van der Waals surface area contributed by atoms with Crippen molar-refractivity contribution in [3.63, 3.8) is 0 Å². The Morgan fingerprint density at radius 2 is 2.12 bits per heavy atom. The predicted octanol–water partition coefficient (Wildman–Crippen LogP) is 3.19. The van der Waals surface area contributed by atoms with Gasteiger partial charge in [-0.15, -0.1) is 11.6 Å². The van der Waals surface area contributed by atoms with Gasteiger partial charge in [-0.3, -0.25) is 9.78 Å². The van der Waals surface area contributed by atoms with Crippen molar-refractivity contribution in [2.24, 2.45) is 0 Å². The summed E-state index contributed by atoms with van der Waals surface area (Å²) in [5, 5.41) is 3.88. The molecule has 0 aliphatic rings. The summed E-state index contributed by atoms with van der Waals surface area (Å²) in [5.41, 5.74) is 1.57. The molecular formula is C13H13ClN2O. The van der Waals surface area contributed by atoms with E-state index in [1.54, 1.807) is 6.20 Å². The van der Waals surface area contributed by atoms with Gasteiger partial charge in [-0.05, 0) is 18.6 Å². The third-order valence-electron chi connectivity index (χ3n) is 2.44. The van der Waals surface area contributed by atoms with Gasteiger partial charge in [0, 0.05) is 23.9 Å². The Morgan fingerprint density at radius 3 is 2.94 bits per heavy atom. The summed E-state index contributed by atoms with van der Waals surface area (Å²) in [6.07, 6.45) is 2.84. The van der Waals surface area contributed by atoms with Crippen LogP contribution in [-0.2, 0) is 4.79 Å². The Hall–Kier alpha value is -1.61. The van der Waals surface area contributed by atoms with Crippen LogP contribution in [0.15, 0.2) is 36.5 Å². The van der Waals surface area contributed by atoms with Crippen LogP contribution in [0.25, 0.3) is 10.9 Å². The van der Waals surface area contributed by atoms with Gasteiger partial charge in [0.1, 0.15) is 0 Å². The smallest absolute Gasteiger partial charge is 0.224 e. The first kappa shape index (κ1) is 11.9. The molecule has 0 aliphatic carbocycles. The van der Waals surface area contributed by atoms with Gasteiger partial charge >= 0.3 is 0 Å². The van der Waals surface area contributed by atoms with E-state index < -0.39 is 0 Å². The number of benzene rings is 1. The molecule has 1 amide bonds. The zero-order valence-electron chi connectivity index (χ0n) is 9.32. The molecule has 0 unspecified atom stereocenters. The average molecular weight is 249 g/mol. The van der Waals surface area contributed by atoms with Gasteiger partial charge in [0.25, 0.3) is 0 Å². The molecule has 0 fully saturated rings. The maximum atomic E-state index is 11.6. The van der Waals surface area contributed by atoms with Crippen molar-refractivity contribution in [1.82, 2.24) is 4.98 Å². The normalized spacial score (nSPS) is 10.4. The van der Waals surface area contributed by atoms with Crippen LogP contribution in [0.1, 0.15) is 12.8 Å². The predicted molar refractivity (Wildman–Crippen MR) is 70.3 cm³/mol. The zero-order valence-corrected chi connectivity index (χ0v) is 10.1. The molecule has 0 saturated heterocycles. The molecule has 1 N–H and O–H groups in total. The third-order valence-corrected chi connectivity index (χ3v) is 2.71. The van der Waals surface area contributed by atoms with E-state index in [0.717, 1.165) is 16.6 Å². The van der Waals surface area contributed by atoms with E-state index in [4.69, 9.17) is 11.6 Å². The lowest BCUT2D eigenvalue weighted by Crippen LogP contribution is -2.11. The number of pyridine rings is 1. The van der Waals surface area contributed by atoms with E-state index >= 15 is 0 Å². The number of aromatic nitrogens is 1. The third kappa shape index (κ3) is 2.94. The van der Waals surface area contributed by atoms with E-state index in [1.165, 1.54) is 0 Å². The van der Waals surface area contributed by atoms with Gasteiger partial charge < -0.3 is 5.32 Å². The highest BCUT2D eigenvalue weighted by Gasteiger charge is 2.05. The maximum Gasteiger partial charge on any atom is 0.224 e. The fraction of sp³-hybridized carbons (Fsp3) is 0.231. The van der Waals surface area contributed by atoms with Crippen molar-refractivity contribution >= 4 is 34.1 Å². The lowest BCUT2D eigenvalue weighted by molar-refractivity contribution is -0.116. The van der Waals surface area contributed by atoms with E-state index in [-0.39, 0.29) is 5.91 Å². The van der Waals surface area contributed by atoms with Crippen molar-refractivity contribution in [1.29, 1.82) is 0 Å². The summed E-state index contributed by atoms with van der Waals surface area (Å²) < 4.78 is 0. The monoisotopic (exact) mass is 248 g/mol. The number of hydrogen-bond acceptors (Lipinski definition) is 2.